The second-order valence-corrected chi connectivity index (χ2v) is 3.97. The summed E-state index contributed by atoms with van der Waals surface area (Å²) in [7, 11) is 0. The lowest BCUT2D eigenvalue weighted by Crippen LogP contribution is -2.04. The van der Waals surface area contributed by atoms with E-state index in [4.69, 9.17) is 4.52 Å². The minimum Gasteiger partial charge on any atom is -0.361 e. The first kappa shape index (κ1) is 8.71. The van der Waals surface area contributed by atoms with Gasteiger partial charge in [-0.05, 0) is 19.3 Å². The third kappa shape index (κ3) is 1.56. The molecule has 4 heteroatoms. The molecule has 0 spiro atoms. The van der Waals surface area contributed by atoms with Gasteiger partial charge >= 0.3 is 0 Å². The fourth-order valence-corrected chi connectivity index (χ4v) is 2.13. The summed E-state index contributed by atoms with van der Waals surface area (Å²) in [5.41, 5.74) is 2.40. The Hall–Kier alpha value is -1.58. The van der Waals surface area contributed by atoms with Crippen molar-refractivity contribution in [3.63, 3.8) is 0 Å². The Morgan fingerprint density at radius 1 is 1.33 bits per heavy atom. The second-order valence-electron chi connectivity index (χ2n) is 3.97. The van der Waals surface area contributed by atoms with Crippen LogP contribution in [0.15, 0.2) is 23.2 Å². The Morgan fingerprint density at radius 3 is 3.13 bits per heavy atom. The molecule has 15 heavy (non-hydrogen) atoms. The average Bonchev–Trinajstić information content (AvgIpc) is 2.89. The highest BCUT2D eigenvalue weighted by molar-refractivity contribution is 5.25. The van der Waals surface area contributed by atoms with Crippen LogP contribution >= 0.6 is 0 Å². The van der Waals surface area contributed by atoms with E-state index < -0.39 is 0 Å². The van der Waals surface area contributed by atoms with Crippen LogP contribution in [-0.4, -0.2) is 14.7 Å². The molecular formula is C11H13N3O. The first-order valence-corrected chi connectivity index (χ1v) is 5.35. The molecular weight excluding hydrogens is 190 g/mol. The topological polar surface area (TPSA) is 43.9 Å². The summed E-state index contributed by atoms with van der Waals surface area (Å²) in [6.45, 7) is 0.777. The van der Waals surface area contributed by atoms with Crippen molar-refractivity contribution in [1.82, 2.24) is 14.7 Å². The minimum absolute atomic E-state index is 0.777. The van der Waals surface area contributed by atoms with Crippen LogP contribution in [0.1, 0.15) is 29.9 Å². The Bertz CT molecular complexity index is 444. The van der Waals surface area contributed by atoms with Crippen molar-refractivity contribution in [2.45, 2.75) is 32.2 Å². The van der Waals surface area contributed by atoms with Crippen molar-refractivity contribution in [3.05, 3.63) is 35.7 Å². The maximum Gasteiger partial charge on any atom is 0.140 e. The second kappa shape index (κ2) is 3.53. The molecule has 2 heterocycles. The van der Waals surface area contributed by atoms with Crippen molar-refractivity contribution >= 4 is 0 Å². The van der Waals surface area contributed by atoms with Crippen molar-refractivity contribution in [3.8, 4) is 0 Å². The van der Waals surface area contributed by atoms with Gasteiger partial charge in [-0.2, -0.15) is 0 Å². The standard InChI is InChI=1S/C11H13N3O/c1-2-4-11-9(3-1)10(13-15-11)7-14-6-5-12-8-14/h5-6,8H,1-4,7H2. The van der Waals surface area contributed by atoms with Gasteiger partial charge in [-0.1, -0.05) is 5.16 Å². The fraction of sp³-hybridized carbons (Fsp3) is 0.455. The summed E-state index contributed by atoms with van der Waals surface area (Å²) >= 11 is 0. The summed E-state index contributed by atoms with van der Waals surface area (Å²) in [4.78, 5) is 4.02. The Balaban J connectivity index is 1.89. The summed E-state index contributed by atoms with van der Waals surface area (Å²) < 4.78 is 7.37. The van der Waals surface area contributed by atoms with Gasteiger partial charge in [0.2, 0.25) is 0 Å². The molecule has 0 bridgehead atoms. The molecule has 0 saturated heterocycles. The van der Waals surface area contributed by atoms with Crippen LogP contribution in [0.3, 0.4) is 0 Å². The van der Waals surface area contributed by atoms with Crippen LogP contribution in [0.5, 0.6) is 0 Å². The summed E-state index contributed by atoms with van der Waals surface area (Å²) in [5, 5.41) is 4.15. The van der Waals surface area contributed by atoms with E-state index in [1.54, 1.807) is 6.20 Å². The Labute approximate surface area is 87.9 Å². The van der Waals surface area contributed by atoms with Crippen LogP contribution in [0, 0.1) is 0 Å². The number of hydrogen-bond acceptors (Lipinski definition) is 3. The van der Waals surface area contributed by atoms with Gasteiger partial charge in [0.05, 0.1) is 12.9 Å². The molecule has 0 amide bonds. The van der Waals surface area contributed by atoms with Crippen LogP contribution in [0.25, 0.3) is 0 Å². The third-order valence-electron chi connectivity index (χ3n) is 2.92. The number of aryl methyl sites for hydroxylation is 1. The van der Waals surface area contributed by atoms with Crippen LogP contribution in [-0.2, 0) is 19.4 Å². The molecule has 0 aliphatic heterocycles. The van der Waals surface area contributed by atoms with Gasteiger partial charge in [0.25, 0.3) is 0 Å². The highest BCUT2D eigenvalue weighted by atomic mass is 16.5. The van der Waals surface area contributed by atoms with Crippen LogP contribution < -0.4 is 0 Å². The summed E-state index contributed by atoms with van der Waals surface area (Å²) in [5.74, 6) is 1.09. The minimum atomic E-state index is 0.777. The molecule has 0 N–H and O–H groups in total. The van der Waals surface area contributed by atoms with Gasteiger partial charge < -0.3 is 9.09 Å². The van der Waals surface area contributed by atoms with E-state index in [2.05, 4.69) is 10.1 Å². The molecule has 0 atom stereocenters. The number of imidazole rings is 1. The molecule has 78 valence electrons. The number of nitrogens with zero attached hydrogens (tertiary/aromatic N) is 3. The van der Waals surface area contributed by atoms with Crippen molar-refractivity contribution < 1.29 is 4.52 Å². The molecule has 1 aliphatic rings. The van der Waals surface area contributed by atoms with Crippen molar-refractivity contribution in [1.29, 1.82) is 0 Å². The zero-order chi connectivity index (χ0) is 10.1. The van der Waals surface area contributed by atoms with Gasteiger partial charge in [-0.25, -0.2) is 4.98 Å². The Morgan fingerprint density at radius 2 is 2.27 bits per heavy atom. The maximum absolute atomic E-state index is 5.35. The lowest BCUT2D eigenvalue weighted by molar-refractivity contribution is 0.367. The van der Waals surface area contributed by atoms with Crippen molar-refractivity contribution in [2.24, 2.45) is 0 Å². The molecule has 0 fully saturated rings. The molecule has 0 unspecified atom stereocenters. The number of fused-ring (bicyclic) bond motifs is 1. The molecule has 2 aromatic heterocycles. The first-order chi connectivity index (χ1) is 7.43. The third-order valence-corrected chi connectivity index (χ3v) is 2.92. The van der Waals surface area contributed by atoms with Crippen molar-refractivity contribution in [2.75, 3.05) is 0 Å². The predicted molar refractivity (Wildman–Crippen MR) is 54.5 cm³/mol. The molecule has 0 saturated carbocycles. The molecule has 4 nitrogen and oxygen atoms in total. The summed E-state index contributed by atoms with van der Waals surface area (Å²) in [6, 6.07) is 0. The van der Waals surface area contributed by atoms with E-state index >= 15 is 0 Å². The van der Waals surface area contributed by atoms with Gasteiger partial charge in [0.15, 0.2) is 0 Å². The monoisotopic (exact) mass is 203 g/mol. The molecule has 2 aromatic rings. The SMILES string of the molecule is c1cn(Cc2noc3c2CCCC3)cn1. The van der Waals surface area contributed by atoms with E-state index in [1.165, 1.54) is 18.4 Å². The Kier molecular flexibility index (Phi) is 2.05. The zero-order valence-corrected chi connectivity index (χ0v) is 8.52. The van der Waals surface area contributed by atoms with E-state index in [0.29, 0.717) is 0 Å². The van der Waals surface area contributed by atoms with E-state index in [0.717, 1.165) is 30.8 Å². The number of rotatable bonds is 2. The highest BCUT2D eigenvalue weighted by Gasteiger charge is 2.18. The molecule has 1 aliphatic carbocycles. The molecule has 3 rings (SSSR count). The van der Waals surface area contributed by atoms with Gasteiger partial charge in [-0.3, -0.25) is 0 Å². The lowest BCUT2D eigenvalue weighted by atomic mass is 9.96. The van der Waals surface area contributed by atoms with Crippen LogP contribution in [0.4, 0.5) is 0 Å². The lowest BCUT2D eigenvalue weighted by Gasteiger charge is -2.09. The highest BCUT2D eigenvalue weighted by Crippen LogP contribution is 2.24. The number of hydrogen-bond donors (Lipinski definition) is 0. The van der Waals surface area contributed by atoms with E-state index in [9.17, 15) is 0 Å². The van der Waals surface area contributed by atoms with Gasteiger partial charge in [-0.15, -0.1) is 0 Å². The quantitative estimate of drug-likeness (QED) is 0.747. The fourth-order valence-electron chi connectivity index (χ4n) is 2.13. The first-order valence-electron chi connectivity index (χ1n) is 5.35. The van der Waals surface area contributed by atoms with E-state index in [-0.39, 0.29) is 0 Å². The molecule has 0 radical (unpaired) electrons. The normalized spacial score (nSPS) is 15.2. The number of aromatic nitrogens is 3. The largest absolute Gasteiger partial charge is 0.361 e. The van der Waals surface area contributed by atoms with Gasteiger partial charge in [0.1, 0.15) is 11.5 Å². The smallest absolute Gasteiger partial charge is 0.140 e. The predicted octanol–water partition coefficient (Wildman–Crippen LogP) is 1.80. The van der Waals surface area contributed by atoms with Gasteiger partial charge in [0, 0.05) is 24.4 Å². The van der Waals surface area contributed by atoms with E-state index in [1.807, 2.05) is 17.1 Å². The molecule has 0 aromatic carbocycles. The average molecular weight is 203 g/mol. The maximum atomic E-state index is 5.35. The van der Waals surface area contributed by atoms with Crippen LogP contribution in [0.2, 0.25) is 0 Å². The summed E-state index contributed by atoms with van der Waals surface area (Å²) in [6.07, 6.45) is 10.2. The zero-order valence-electron chi connectivity index (χ0n) is 8.52.